The van der Waals surface area contributed by atoms with Crippen LogP contribution in [0.3, 0.4) is 0 Å². The van der Waals surface area contributed by atoms with Crippen molar-refractivity contribution in [1.29, 1.82) is 0 Å². The first kappa shape index (κ1) is 14.7. The van der Waals surface area contributed by atoms with E-state index < -0.39 is 19.8 Å². The van der Waals surface area contributed by atoms with E-state index in [9.17, 15) is 0 Å². The molecule has 0 aromatic rings. The van der Waals surface area contributed by atoms with E-state index in [2.05, 4.69) is 0 Å². The van der Waals surface area contributed by atoms with E-state index in [4.69, 9.17) is 0 Å². The molecule has 0 atom stereocenters. The van der Waals surface area contributed by atoms with Gasteiger partial charge in [-0.2, -0.15) is 0 Å². The topological polar surface area (TPSA) is 0 Å². The molecule has 0 bridgehead atoms. The second kappa shape index (κ2) is 7.71. The Morgan fingerprint density at radius 2 is 0.632 bits per heavy atom. The quantitative estimate of drug-likeness (QED) is 0.500. The monoisotopic (exact) mass is 369 g/mol. The van der Waals surface area contributed by atoms with E-state index in [0.717, 1.165) is 0 Å². The fraction of sp³-hybridized carbons (Fsp3) is 1.00. The Morgan fingerprint density at radius 1 is 0.368 bits per heavy atom. The molecule has 0 aliphatic heterocycles. The average molecular weight is 368 g/mol. The molecule has 3 aliphatic carbocycles. The summed E-state index contributed by atoms with van der Waals surface area (Å²) in [4.78, 5) is 0. The van der Waals surface area contributed by atoms with Gasteiger partial charge in [0.1, 0.15) is 0 Å². The third kappa shape index (κ3) is 3.92. The summed E-state index contributed by atoms with van der Waals surface area (Å²) < 4.78 is 3.96. The van der Waals surface area contributed by atoms with Crippen LogP contribution in [0.15, 0.2) is 0 Å². The molecule has 0 aromatic carbocycles. The zero-order valence-electron chi connectivity index (χ0n) is 12.8. The van der Waals surface area contributed by atoms with Crippen molar-refractivity contribution in [3.63, 3.8) is 0 Å². The van der Waals surface area contributed by atoms with Crippen molar-refractivity contribution in [2.45, 2.75) is 108 Å². The van der Waals surface area contributed by atoms with Crippen molar-refractivity contribution >= 4 is 19.8 Å². The summed E-state index contributed by atoms with van der Waals surface area (Å²) in [5.74, 6) is 0. The van der Waals surface area contributed by atoms with Gasteiger partial charge >= 0.3 is 128 Å². The van der Waals surface area contributed by atoms with Crippen LogP contribution in [-0.4, -0.2) is 19.8 Å². The molecule has 0 amide bonds. The summed E-state index contributed by atoms with van der Waals surface area (Å²) in [6.45, 7) is 0. The molecule has 0 unspecified atom stereocenters. The molecule has 3 fully saturated rings. The third-order valence-electron chi connectivity index (χ3n) is 6.23. The van der Waals surface area contributed by atoms with E-state index >= 15 is 0 Å². The molecule has 19 heavy (non-hydrogen) atoms. The van der Waals surface area contributed by atoms with Crippen molar-refractivity contribution in [2.24, 2.45) is 0 Å². The maximum absolute atomic E-state index is 1.67. The zero-order valence-corrected chi connectivity index (χ0v) is 15.7. The average Bonchev–Trinajstić information content (AvgIpc) is 2.51. The molecule has 0 aromatic heterocycles. The minimum absolute atomic E-state index is 1.15. The van der Waals surface area contributed by atoms with Crippen molar-refractivity contribution in [1.82, 2.24) is 0 Å². The molecule has 3 aliphatic rings. The van der Waals surface area contributed by atoms with E-state index in [1.54, 1.807) is 96.3 Å². The Kier molecular flexibility index (Phi) is 5.97. The van der Waals surface area contributed by atoms with Gasteiger partial charge in [0.25, 0.3) is 0 Å². The van der Waals surface area contributed by atoms with Crippen LogP contribution in [0.5, 0.6) is 0 Å². The Bertz CT molecular complexity index is 202. The summed E-state index contributed by atoms with van der Waals surface area (Å²) in [5, 5.41) is 0. The van der Waals surface area contributed by atoms with Gasteiger partial charge in [-0.25, -0.2) is 0 Å². The van der Waals surface area contributed by atoms with Gasteiger partial charge < -0.3 is 0 Å². The molecule has 0 nitrogen and oxygen atoms in total. The van der Waals surface area contributed by atoms with Crippen LogP contribution in [0.2, 0.25) is 11.8 Å². The van der Waals surface area contributed by atoms with Crippen molar-refractivity contribution in [3.05, 3.63) is 0 Å². The molecule has 1 heteroatoms. The molecule has 3 rings (SSSR count). The molecule has 108 valence electrons. The zero-order chi connectivity index (χ0) is 12.9. The van der Waals surface area contributed by atoms with Gasteiger partial charge in [0.2, 0.25) is 0 Å². The van der Waals surface area contributed by atoms with Crippen LogP contribution in [0.25, 0.3) is 0 Å². The van der Waals surface area contributed by atoms with Crippen LogP contribution < -0.4 is 0 Å². The SMILES string of the molecule is C1CC[CH]([Sn+]([CH]2CCCCC2)[CH]2CCCCC2)CC1. The third-order valence-corrected chi connectivity index (χ3v) is 19.2. The predicted octanol–water partition coefficient (Wildman–Crippen LogP) is 6.48. The van der Waals surface area contributed by atoms with Crippen LogP contribution in [-0.2, 0) is 0 Å². The normalized spacial score (nSPS) is 28.4. The second-order valence-corrected chi connectivity index (χ2v) is 17.3. The standard InChI is InChI=1S/3C6H11.Sn/c3*1-2-4-6-5-3-1;/h3*1H,2-6H2;/q;;;+1. The van der Waals surface area contributed by atoms with Gasteiger partial charge in [-0.1, -0.05) is 0 Å². The van der Waals surface area contributed by atoms with E-state index in [1.165, 1.54) is 11.8 Å². The van der Waals surface area contributed by atoms with Crippen molar-refractivity contribution in [3.8, 4) is 0 Å². The van der Waals surface area contributed by atoms with Crippen LogP contribution in [0.4, 0.5) is 0 Å². The van der Waals surface area contributed by atoms with Crippen LogP contribution in [0, 0.1) is 0 Å². The van der Waals surface area contributed by atoms with Gasteiger partial charge in [-0.05, 0) is 0 Å². The number of rotatable bonds is 3. The molecule has 0 spiro atoms. The molecule has 3 saturated carbocycles. The first-order valence-electron chi connectivity index (χ1n) is 9.32. The second-order valence-electron chi connectivity index (χ2n) is 7.50. The first-order chi connectivity index (χ1) is 9.45. The first-order valence-corrected chi connectivity index (χ1v) is 14.3. The summed E-state index contributed by atoms with van der Waals surface area (Å²) in [6.07, 6.45) is 24.2. The Hall–Kier alpha value is 0.799. The van der Waals surface area contributed by atoms with Crippen LogP contribution in [0.1, 0.15) is 96.3 Å². The van der Waals surface area contributed by atoms with Gasteiger partial charge in [-0.3, -0.25) is 0 Å². The Morgan fingerprint density at radius 3 is 0.895 bits per heavy atom. The van der Waals surface area contributed by atoms with Gasteiger partial charge in [0, 0.05) is 0 Å². The molecule has 0 radical (unpaired) electrons. The molecule has 0 heterocycles. The fourth-order valence-corrected chi connectivity index (χ4v) is 20.2. The van der Waals surface area contributed by atoms with E-state index in [1.807, 2.05) is 0 Å². The van der Waals surface area contributed by atoms with E-state index in [-0.39, 0.29) is 0 Å². The maximum atomic E-state index is 1.67. The van der Waals surface area contributed by atoms with E-state index in [0.29, 0.717) is 0 Å². The van der Waals surface area contributed by atoms with Gasteiger partial charge in [0.05, 0.1) is 0 Å². The molecular weight excluding hydrogens is 335 g/mol. The minimum atomic E-state index is -1.15. The number of hydrogen-bond donors (Lipinski definition) is 0. The Labute approximate surface area is 127 Å². The molecule has 0 saturated heterocycles. The predicted molar refractivity (Wildman–Crippen MR) is 86.3 cm³/mol. The summed E-state index contributed by atoms with van der Waals surface area (Å²) >= 11 is -1.15. The fourth-order valence-electron chi connectivity index (χ4n) is 5.31. The van der Waals surface area contributed by atoms with Crippen molar-refractivity contribution < 1.29 is 0 Å². The van der Waals surface area contributed by atoms with Crippen LogP contribution >= 0.6 is 0 Å². The summed E-state index contributed by atoms with van der Waals surface area (Å²) in [5.41, 5.74) is 0. The molecule has 0 N–H and O–H groups in total. The number of hydrogen-bond acceptors (Lipinski definition) is 0. The van der Waals surface area contributed by atoms with Gasteiger partial charge in [-0.15, -0.1) is 0 Å². The Balaban J connectivity index is 1.68. The van der Waals surface area contributed by atoms with Crippen molar-refractivity contribution in [2.75, 3.05) is 0 Å². The summed E-state index contributed by atoms with van der Waals surface area (Å²) in [7, 11) is 0. The summed E-state index contributed by atoms with van der Waals surface area (Å²) in [6, 6.07) is 0. The molecular formula is C18H33Sn+. The van der Waals surface area contributed by atoms with Gasteiger partial charge in [0.15, 0.2) is 0 Å².